The Morgan fingerprint density at radius 2 is 1.67 bits per heavy atom. The van der Waals surface area contributed by atoms with Crippen molar-refractivity contribution in [1.29, 1.82) is 0 Å². The van der Waals surface area contributed by atoms with Gasteiger partial charge in [0.05, 0.1) is 13.2 Å². The molecule has 5 N–H and O–H groups in total. The number of amides is 1. The van der Waals surface area contributed by atoms with Gasteiger partial charge >= 0.3 is 0 Å². The zero-order chi connectivity index (χ0) is 21.7. The molecular weight excluding hydrogens is 390 g/mol. The molecule has 1 aliphatic rings. The van der Waals surface area contributed by atoms with Gasteiger partial charge in [0.2, 0.25) is 0 Å². The molecule has 2 aromatic rings. The molecule has 1 aliphatic heterocycles. The van der Waals surface area contributed by atoms with E-state index in [0.29, 0.717) is 17.7 Å². The number of aryl methyl sites for hydroxylation is 1. The first-order valence-electron chi connectivity index (χ1n) is 9.78. The van der Waals surface area contributed by atoms with Gasteiger partial charge in [-0.2, -0.15) is 0 Å². The monoisotopic (exact) mass is 417 g/mol. The average molecular weight is 417 g/mol. The predicted octanol–water partition coefficient (Wildman–Crippen LogP) is 0.606. The highest BCUT2D eigenvalue weighted by Crippen LogP contribution is 2.22. The Kier molecular flexibility index (Phi) is 7.54. The quantitative estimate of drug-likeness (QED) is 0.446. The van der Waals surface area contributed by atoms with E-state index in [2.05, 4.69) is 5.32 Å². The third-order valence-corrected chi connectivity index (χ3v) is 5.05. The molecular formula is C22H27NO7. The van der Waals surface area contributed by atoms with Gasteiger partial charge in [-0.15, -0.1) is 0 Å². The van der Waals surface area contributed by atoms with Gasteiger partial charge in [0.25, 0.3) is 5.91 Å². The Morgan fingerprint density at radius 1 is 1.00 bits per heavy atom. The fraction of sp³-hybridized carbons (Fsp3) is 0.409. The summed E-state index contributed by atoms with van der Waals surface area (Å²) in [6, 6.07) is 14.6. The third-order valence-electron chi connectivity index (χ3n) is 5.05. The molecule has 0 saturated carbocycles. The Bertz CT molecular complexity index is 822. The zero-order valence-electron chi connectivity index (χ0n) is 16.6. The molecule has 0 radical (unpaired) electrons. The second-order valence-electron chi connectivity index (χ2n) is 7.34. The van der Waals surface area contributed by atoms with E-state index in [9.17, 15) is 25.2 Å². The van der Waals surface area contributed by atoms with Gasteiger partial charge in [0, 0.05) is 11.3 Å². The summed E-state index contributed by atoms with van der Waals surface area (Å²) in [5.41, 5.74) is 3.27. The Morgan fingerprint density at radius 3 is 2.30 bits per heavy atom. The highest BCUT2D eigenvalue weighted by atomic mass is 16.7. The van der Waals surface area contributed by atoms with Crippen LogP contribution in [0, 0.1) is 6.92 Å². The Labute approximate surface area is 174 Å². The van der Waals surface area contributed by atoms with Gasteiger partial charge in [-0.3, -0.25) is 4.79 Å². The van der Waals surface area contributed by atoms with Gasteiger partial charge in [-0.25, -0.2) is 0 Å². The summed E-state index contributed by atoms with van der Waals surface area (Å²) in [7, 11) is 0. The van der Waals surface area contributed by atoms with E-state index in [1.807, 2.05) is 31.2 Å². The number of aliphatic hydroxyl groups excluding tert-OH is 4. The van der Waals surface area contributed by atoms with Crippen molar-refractivity contribution in [3.05, 3.63) is 65.2 Å². The number of aliphatic hydroxyl groups is 4. The maximum atomic E-state index is 12.3. The molecule has 5 atom stereocenters. The maximum absolute atomic E-state index is 12.3. The maximum Gasteiger partial charge on any atom is 0.255 e. The lowest BCUT2D eigenvalue weighted by Gasteiger charge is -2.39. The van der Waals surface area contributed by atoms with Crippen LogP contribution in [-0.2, 0) is 15.9 Å². The fourth-order valence-electron chi connectivity index (χ4n) is 3.16. The van der Waals surface area contributed by atoms with Gasteiger partial charge < -0.3 is 35.2 Å². The number of rotatable bonds is 7. The largest absolute Gasteiger partial charge is 0.394 e. The second kappa shape index (κ2) is 10.1. The van der Waals surface area contributed by atoms with Crippen molar-refractivity contribution in [1.82, 2.24) is 0 Å². The summed E-state index contributed by atoms with van der Waals surface area (Å²) < 4.78 is 10.8. The predicted molar refractivity (Wildman–Crippen MR) is 109 cm³/mol. The fourth-order valence-corrected chi connectivity index (χ4v) is 3.16. The number of carbonyl (C=O) groups is 1. The van der Waals surface area contributed by atoms with Crippen LogP contribution in [0.25, 0.3) is 0 Å². The molecule has 0 spiro atoms. The Balaban J connectivity index is 1.49. The van der Waals surface area contributed by atoms with Crippen molar-refractivity contribution in [2.75, 3.05) is 18.5 Å². The SMILES string of the molecule is Cc1ccc(C(=O)Nc2ccc(CCO[C@@H]3O[C@H](CO)[C@@H](O)[C@H](O)[C@H]3O)cc2)cc1. The van der Waals surface area contributed by atoms with Crippen molar-refractivity contribution in [3.8, 4) is 0 Å². The van der Waals surface area contributed by atoms with Crippen LogP contribution in [0.5, 0.6) is 0 Å². The number of carbonyl (C=O) groups excluding carboxylic acids is 1. The minimum Gasteiger partial charge on any atom is -0.394 e. The first kappa shape index (κ1) is 22.4. The minimum atomic E-state index is -1.46. The molecule has 8 nitrogen and oxygen atoms in total. The molecule has 8 heteroatoms. The van der Waals surface area contributed by atoms with Crippen molar-refractivity contribution >= 4 is 11.6 Å². The number of ether oxygens (including phenoxy) is 2. The van der Waals surface area contributed by atoms with Gasteiger partial charge in [0.15, 0.2) is 6.29 Å². The van der Waals surface area contributed by atoms with Gasteiger partial charge in [0.1, 0.15) is 24.4 Å². The average Bonchev–Trinajstić information content (AvgIpc) is 2.75. The Hall–Kier alpha value is -2.33. The molecule has 0 aliphatic carbocycles. The first-order valence-corrected chi connectivity index (χ1v) is 9.78. The summed E-state index contributed by atoms with van der Waals surface area (Å²) in [4.78, 5) is 12.3. The standard InChI is InChI=1S/C22H27NO7/c1-13-2-6-15(7-3-13)21(28)23-16-8-4-14(5-9-16)10-11-29-22-20(27)19(26)18(25)17(12-24)30-22/h2-9,17-20,22,24-27H,10-12H2,1H3,(H,23,28)/t17-,18-,19+,20-,22-/m1/s1. The molecule has 1 fully saturated rings. The van der Waals surface area contributed by atoms with E-state index < -0.39 is 37.3 Å². The summed E-state index contributed by atoms with van der Waals surface area (Å²) in [6.45, 7) is 1.65. The molecule has 2 aromatic carbocycles. The van der Waals surface area contributed by atoms with Crippen LogP contribution in [0.2, 0.25) is 0 Å². The molecule has 1 saturated heterocycles. The molecule has 3 rings (SSSR count). The van der Waals surface area contributed by atoms with E-state index in [1.54, 1.807) is 24.3 Å². The van der Waals surface area contributed by atoms with Gasteiger partial charge in [-0.05, 0) is 43.2 Å². The number of benzene rings is 2. The van der Waals surface area contributed by atoms with E-state index in [0.717, 1.165) is 11.1 Å². The molecule has 0 aromatic heterocycles. The molecule has 1 heterocycles. The van der Waals surface area contributed by atoms with E-state index in [-0.39, 0.29) is 12.5 Å². The van der Waals surface area contributed by atoms with Crippen LogP contribution in [0.3, 0.4) is 0 Å². The number of nitrogens with one attached hydrogen (secondary N) is 1. The molecule has 30 heavy (non-hydrogen) atoms. The highest BCUT2D eigenvalue weighted by molar-refractivity contribution is 6.04. The normalized spacial score (nSPS) is 26.4. The summed E-state index contributed by atoms with van der Waals surface area (Å²) >= 11 is 0. The lowest BCUT2D eigenvalue weighted by Crippen LogP contribution is -2.59. The lowest BCUT2D eigenvalue weighted by molar-refractivity contribution is -0.300. The van der Waals surface area contributed by atoms with Crippen LogP contribution >= 0.6 is 0 Å². The topological polar surface area (TPSA) is 128 Å². The lowest BCUT2D eigenvalue weighted by atomic mass is 9.99. The van der Waals surface area contributed by atoms with Crippen molar-refractivity contribution < 1.29 is 34.7 Å². The van der Waals surface area contributed by atoms with Crippen LogP contribution in [-0.4, -0.2) is 70.3 Å². The summed E-state index contributed by atoms with van der Waals surface area (Å²) in [5, 5.41) is 41.6. The van der Waals surface area contributed by atoms with E-state index >= 15 is 0 Å². The van der Waals surface area contributed by atoms with Crippen molar-refractivity contribution in [3.63, 3.8) is 0 Å². The molecule has 0 unspecified atom stereocenters. The molecule has 0 bridgehead atoms. The number of anilines is 1. The smallest absolute Gasteiger partial charge is 0.255 e. The van der Waals surface area contributed by atoms with Crippen LogP contribution in [0.15, 0.2) is 48.5 Å². The molecule has 1 amide bonds. The number of hydrogen-bond donors (Lipinski definition) is 5. The van der Waals surface area contributed by atoms with Crippen molar-refractivity contribution in [2.24, 2.45) is 0 Å². The zero-order valence-corrected chi connectivity index (χ0v) is 16.6. The summed E-state index contributed by atoms with van der Waals surface area (Å²) in [5.74, 6) is -0.186. The first-order chi connectivity index (χ1) is 14.4. The van der Waals surface area contributed by atoms with Crippen LogP contribution in [0.1, 0.15) is 21.5 Å². The van der Waals surface area contributed by atoms with Crippen LogP contribution < -0.4 is 5.32 Å². The highest BCUT2D eigenvalue weighted by Gasteiger charge is 2.43. The van der Waals surface area contributed by atoms with Crippen molar-refractivity contribution in [2.45, 2.75) is 44.1 Å². The minimum absolute atomic E-state index is 0.186. The van der Waals surface area contributed by atoms with Gasteiger partial charge in [-0.1, -0.05) is 29.8 Å². The summed E-state index contributed by atoms with van der Waals surface area (Å²) in [6.07, 6.45) is -5.92. The van der Waals surface area contributed by atoms with E-state index in [1.165, 1.54) is 0 Å². The van der Waals surface area contributed by atoms with E-state index in [4.69, 9.17) is 9.47 Å². The molecule has 162 valence electrons. The second-order valence-corrected chi connectivity index (χ2v) is 7.34. The van der Waals surface area contributed by atoms with Crippen LogP contribution in [0.4, 0.5) is 5.69 Å². The number of hydrogen-bond acceptors (Lipinski definition) is 7. The third kappa shape index (κ3) is 5.42.